The van der Waals surface area contributed by atoms with Crippen LogP contribution in [0.2, 0.25) is 0 Å². The predicted octanol–water partition coefficient (Wildman–Crippen LogP) is 4.31. The fourth-order valence-electron chi connectivity index (χ4n) is 3.79. The number of aromatic nitrogens is 3. The molecule has 3 heterocycles. The van der Waals surface area contributed by atoms with Crippen molar-refractivity contribution in [1.29, 1.82) is 0 Å². The first-order valence-electron chi connectivity index (χ1n) is 9.79. The van der Waals surface area contributed by atoms with E-state index in [1.807, 2.05) is 0 Å². The average Bonchev–Trinajstić information content (AvgIpc) is 2.92. The third kappa shape index (κ3) is 4.16. The van der Waals surface area contributed by atoms with Crippen molar-refractivity contribution >= 4 is 16.6 Å². The molecule has 0 saturated carbocycles. The molecule has 1 aliphatic heterocycles. The largest absolute Gasteiger partial charge is 0.507 e. The summed E-state index contributed by atoms with van der Waals surface area (Å²) in [4.78, 5) is 6.47. The number of halogens is 3. The van der Waals surface area contributed by atoms with E-state index < -0.39 is 17.5 Å². The van der Waals surface area contributed by atoms with Crippen molar-refractivity contribution in [2.45, 2.75) is 31.5 Å². The molecule has 1 atom stereocenters. The number of nitrogens with zero attached hydrogens (tertiary/aromatic N) is 4. The van der Waals surface area contributed by atoms with Gasteiger partial charge in [-0.25, -0.2) is 0 Å². The number of alkyl halides is 3. The second kappa shape index (κ2) is 8.06. The van der Waals surface area contributed by atoms with Crippen molar-refractivity contribution in [3.8, 4) is 17.0 Å². The second-order valence-corrected chi connectivity index (χ2v) is 7.62. The number of phenols is 1. The molecule has 2 aromatic heterocycles. The summed E-state index contributed by atoms with van der Waals surface area (Å²) in [6.07, 6.45) is 1.76. The molecule has 4 rings (SSSR count). The van der Waals surface area contributed by atoms with E-state index in [1.165, 1.54) is 6.07 Å². The third-order valence-corrected chi connectivity index (χ3v) is 5.45. The zero-order chi connectivity index (χ0) is 21.3. The van der Waals surface area contributed by atoms with Gasteiger partial charge in [0.1, 0.15) is 11.4 Å². The van der Waals surface area contributed by atoms with Crippen molar-refractivity contribution < 1.29 is 18.3 Å². The maximum atomic E-state index is 12.9. The summed E-state index contributed by atoms with van der Waals surface area (Å²) in [5, 5.41) is 23.6. The Labute approximate surface area is 171 Å². The molecular weight excluding hydrogens is 395 g/mol. The van der Waals surface area contributed by atoms with Crippen LogP contribution in [0.1, 0.15) is 24.8 Å². The first kappa shape index (κ1) is 20.3. The molecule has 30 heavy (non-hydrogen) atoms. The Bertz CT molecular complexity index is 1060. The van der Waals surface area contributed by atoms with Crippen LogP contribution in [0.3, 0.4) is 0 Å². The van der Waals surface area contributed by atoms with E-state index in [9.17, 15) is 18.3 Å². The zero-order valence-electron chi connectivity index (χ0n) is 16.4. The van der Waals surface area contributed by atoms with Gasteiger partial charge in [-0.05, 0) is 63.7 Å². The molecule has 2 N–H and O–H groups in total. The lowest BCUT2D eigenvalue weighted by atomic mass is 10.0. The van der Waals surface area contributed by atoms with Crippen LogP contribution >= 0.6 is 0 Å². The summed E-state index contributed by atoms with van der Waals surface area (Å²) < 4.78 is 38.8. The Hall–Kier alpha value is -2.94. The molecule has 1 saturated heterocycles. The summed E-state index contributed by atoms with van der Waals surface area (Å²) in [7, 11) is 2.10. The Balaban J connectivity index is 1.71. The van der Waals surface area contributed by atoms with Crippen molar-refractivity contribution in [2.75, 3.05) is 25.5 Å². The summed E-state index contributed by atoms with van der Waals surface area (Å²) in [6.45, 7) is 2.04. The summed E-state index contributed by atoms with van der Waals surface area (Å²) in [5.74, 6) is 0.0903. The molecule has 3 aromatic rings. The van der Waals surface area contributed by atoms with E-state index in [0.29, 0.717) is 28.4 Å². The monoisotopic (exact) mass is 417 g/mol. The minimum Gasteiger partial charge on any atom is -0.507 e. The Morgan fingerprint density at radius 3 is 2.70 bits per heavy atom. The van der Waals surface area contributed by atoms with Crippen molar-refractivity contribution in [1.82, 2.24) is 20.1 Å². The number of nitrogens with one attached hydrogen (secondary N) is 1. The third-order valence-electron chi connectivity index (χ3n) is 5.45. The van der Waals surface area contributed by atoms with Gasteiger partial charge in [-0.3, -0.25) is 4.98 Å². The van der Waals surface area contributed by atoms with Crippen molar-refractivity contribution in [3.05, 3.63) is 42.2 Å². The number of hydrogen-bond acceptors (Lipinski definition) is 6. The molecule has 0 spiro atoms. The normalized spacial score (nSPS) is 18.3. The van der Waals surface area contributed by atoms with Gasteiger partial charge in [-0.1, -0.05) is 0 Å². The van der Waals surface area contributed by atoms with E-state index in [2.05, 4.69) is 32.4 Å². The molecule has 0 bridgehead atoms. The molecule has 1 fully saturated rings. The van der Waals surface area contributed by atoms with Crippen LogP contribution < -0.4 is 5.32 Å². The van der Waals surface area contributed by atoms with E-state index in [1.54, 1.807) is 18.5 Å². The zero-order valence-corrected chi connectivity index (χ0v) is 16.4. The van der Waals surface area contributed by atoms with E-state index in [-0.39, 0.29) is 11.6 Å². The number of phenolic OH excluding ortho intramolecular Hbond substituents is 1. The summed E-state index contributed by atoms with van der Waals surface area (Å²) >= 11 is 0. The summed E-state index contributed by atoms with van der Waals surface area (Å²) in [6, 6.07) is 4.83. The van der Waals surface area contributed by atoms with E-state index in [0.717, 1.165) is 38.4 Å². The quantitative estimate of drug-likeness (QED) is 0.662. The Morgan fingerprint density at radius 1 is 1.10 bits per heavy atom. The highest BCUT2D eigenvalue weighted by Gasteiger charge is 2.31. The highest BCUT2D eigenvalue weighted by Crippen LogP contribution is 2.38. The topological polar surface area (TPSA) is 74.2 Å². The number of aromatic hydroxyl groups is 1. The fourth-order valence-corrected chi connectivity index (χ4v) is 3.79. The van der Waals surface area contributed by atoms with Gasteiger partial charge in [0.2, 0.25) is 0 Å². The number of pyridine rings is 1. The smallest absolute Gasteiger partial charge is 0.416 e. The van der Waals surface area contributed by atoms with Crippen LogP contribution in [0.25, 0.3) is 22.0 Å². The van der Waals surface area contributed by atoms with E-state index >= 15 is 0 Å². The highest BCUT2D eigenvalue weighted by molar-refractivity contribution is 6.00. The van der Waals surface area contributed by atoms with Gasteiger partial charge < -0.3 is 15.3 Å². The first-order chi connectivity index (χ1) is 14.3. The number of fused-ring (bicyclic) bond motifs is 1. The maximum Gasteiger partial charge on any atom is 0.416 e. The van der Waals surface area contributed by atoms with Gasteiger partial charge in [0.25, 0.3) is 0 Å². The maximum absolute atomic E-state index is 12.9. The van der Waals surface area contributed by atoms with Gasteiger partial charge in [0, 0.05) is 34.8 Å². The molecule has 1 aromatic carbocycles. The lowest BCUT2D eigenvalue weighted by molar-refractivity contribution is -0.137. The molecule has 1 aliphatic rings. The molecule has 0 aliphatic carbocycles. The number of likely N-dealkylation sites (tertiary alicyclic amines) is 1. The second-order valence-electron chi connectivity index (χ2n) is 7.62. The number of anilines is 1. The minimum absolute atomic E-state index is 0.189. The molecule has 9 heteroatoms. The fraction of sp³-hybridized carbons (Fsp3) is 0.381. The Kier molecular flexibility index (Phi) is 5.46. The standard InChI is InChI=1S/C21H22F3N5O/c1-29-9-2-3-14(7-10-29)26-20-17-12-25-8-6-15(17)19(27-28-20)16-5-4-13(11-18(16)30)21(22,23)24/h4-6,8,11-12,14,30H,2-3,7,9-10H2,1H3,(H,26,28). The first-order valence-corrected chi connectivity index (χ1v) is 9.79. The molecule has 1 unspecified atom stereocenters. The van der Waals surface area contributed by atoms with E-state index in [4.69, 9.17) is 0 Å². The highest BCUT2D eigenvalue weighted by atomic mass is 19.4. The molecular formula is C21H22F3N5O. The lowest BCUT2D eigenvalue weighted by Gasteiger charge is -2.19. The van der Waals surface area contributed by atoms with Gasteiger partial charge >= 0.3 is 6.18 Å². The van der Waals surface area contributed by atoms with Crippen LogP contribution in [-0.4, -0.2) is 51.4 Å². The average molecular weight is 417 g/mol. The summed E-state index contributed by atoms with van der Waals surface area (Å²) in [5.41, 5.74) is -0.418. The Morgan fingerprint density at radius 2 is 1.93 bits per heavy atom. The molecule has 0 radical (unpaired) electrons. The minimum atomic E-state index is -4.53. The van der Waals surface area contributed by atoms with Crippen LogP contribution in [0.4, 0.5) is 19.0 Å². The van der Waals surface area contributed by atoms with Gasteiger partial charge in [-0.15, -0.1) is 10.2 Å². The van der Waals surface area contributed by atoms with Gasteiger partial charge in [-0.2, -0.15) is 13.2 Å². The van der Waals surface area contributed by atoms with Gasteiger partial charge in [0.05, 0.1) is 5.56 Å². The number of benzene rings is 1. The van der Waals surface area contributed by atoms with Crippen molar-refractivity contribution in [2.24, 2.45) is 0 Å². The molecule has 6 nitrogen and oxygen atoms in total. The van der Waals surface area contributed by atoms with Crippen molar-refractivity contribution in [3.63, 3.8) is 0 Å². The number of hydrogen-bond donors (Lipinski definition) is 2. The van der Waals surface area contributed by atoms with Crippen LogP contribution in [0.5, 0.6) is 5.75 Å². The van der Waals surface area contributed by atoms with Crippen LogP contribution in [0.15, 0.2) is 36.7 Å². The number of rotatable bonds is 3. The predicted molar refractivity (Wildman–Crippen MR) is 108 cm³/mol. The SMILES string of the molecule is CN1CCCC(Nc2nnc(-c3ccc(C(F)(F)F)cc3O)c3ccncc23)CC1. The van der Waals surface area contributed by atoms with Crippen LogP contribution in [0, 0.1) is 0 Å². The lowest BCUT2D eigenvalue weighted by Crippen LogP contribution is -2.23. The molecule has 0 amide bonds. The molecule has 158 valence electrons. The van der Waals surface area contributed by atoms with Gasteiger partial charge in [0.15, 0.2) is 5.82 Å². The van der Waals surface area contributed by atoms with Crippen LogP contribution in [-0.2, 0) is 6.18 Å².